The first-order valence-electron chi connectivity index (χ1n) is 4.73. The van der Waals surface area contributed by atoms with Gasteiger partial charge in [0.1, 0.15) is 5.03 Å². The molecule has 1 aromatic carbocycles. The minimum Gasteiger partial charge on any atom is -0.248 e. The molecule has 0 spiro atoms. The lowest BCUT2D eigenvalue weighted by atomic mass is 10.2. The molecular weight excluding hydrogens is 261 g/mol. The van der Waals surface area contributed by atoms with Gasteiger partial charge in [0.05, 0.1) is 5.02 Å². The maximum absolute atomic E-state index is 6.01. The number of hydrogen-bond acceptors (Lipinski definition) is 2. The van der Waals surface area contributed by atoms with Crippen molar-refractivity contribution < 1.29 is 0 Å². The Labute approximate surface area is 109 Å². The van der Waals surface area contributed by atoms with E-state index in [9.17, 15) is 0 Å². The van der Waals surface area contributed by atoms with Crippen LogP contribution in [0.2, 0.25) is 10.0 Å². The normalized spacial score (nSPS) is 10.4. The van der Waals surface area contributed by atoms with Gasteiger partial charge in [-0.25, -0.2) is 4.98 Å². The molecule has 0 unspecified atom stereocenters. The molecule has 0 atom stereocenters. The fourth-order valence-corrected chi connectivity index (χ4v) is 2.46. The van der Waals surface area contributed by atoms with Crippen molar-refractivity contribution in [2.45, 2.75) is 10.8 Å². The summed E-state index contributed by atoms with van der Waals surface area (Å²) in [6.07, 6.45) is 1.75. The zero-order chi connectivity index (χ0) is 11.4. The second kappa shape index (κ2) is 5.58. The largest absolute Gasteiger partial charge is 0.248 e. The van der Waals surface area contributed by atoms with Crippen molar-refractivity contribution in [3.63, 3.8) is 0 Å². The number of hydrogen-bond donors (Lipinski definition) is 0. The van der Waals surface area contributed by atoms with E-state index in [1.165, 1.54) is 5.56 Å². The molecule has 1 aromatic heterocycles. The lowest BCUT2D eigenvalue weighted by Gasteiger charge is -2.02. The Bertz CT molecular complexity index is 471. The molecule has 1 nitrogen and oxygen atoms in total. The summed E-state index contributed by atoms with van der Waals surface area (Å²) in [7, 11) is 0. The summed E-state index contributed by atoms with van der Waals surface area (Å²) in [6, 6.07) is 11.5. The maximum Gasteiger partial charge on any atom is 0.115 e. The lowest BCUT2D eigenvalue weighted by molar-refractivity contribution is 1.13. The van der Waals surface area contributed by atoms with Crippen molar-refractivity contribution in [3.05, 3.63) is 58.2 Å². The quantitative estimate of drug-likeness (QED) is 0.751. The van der Waals surface area contributed by atoms with Crippen LogP contribution in [0.1, 0.15) is 5.56 Å². The number of halogens is 2. The van der Waals surface area contributed by atoms with Gasteiger partial charge in [0.15, 0.2) is 0 Å². The summed E-state index contributed by atoms with van der Waals surface area (Å²) in [6.45, 7) is 0. The highest BCUT2D eigenvalue weighted by atomic mass is 35.5. The predicted molar refractivity (Wildman–Crippen MR) is 70.3 cm³/mol. The van der Waals surface area contributed by atoms with Gasteiger partial charge in [0.2, 0.25) is 0 Å². The smallest absolute Gasteiger partial charge is 0.115 e. The molecule has 2 aromatic rings. The molecule has 0 bridgehead atoms. The molecule has 4 heteroatoms. The van der Waals surface area contributed by atoms with Gasteiger partial charge in [0.25, 0.3) is 0 Å². The molecule has 0 saturated carbocycles. The Morgan fingerprint density at radius 2 is 1.81 bits per heavy atom. The SMILES string of the molecule is Clc1ccc(CSc2ncccc2Cl)cc1. The van der Waals surface area contributed by atoms with E-state index in [4.69, 9.17) is 23.2 Å². The van der Waals surface area contributed by atoms with Gasteiger partial charge in [-0.15, -0.1) is 11.8 Å². The zero-order valence-electron chi connectivity index (χ0n) is 8.36. The molecule has 0 N–H and O–H groups in total. The van der Waals surface area contributed by atoms with Gasteiger partial charge in [-0.2, -0.15) is 0 Å². The molecule has 82 valence electrons. The number of benzene rings is 1. The van der Waals surface area contributed by atoms with Gasteiger partial charge >= 0.3 is 0 Å². The van der Waals surface area contributed by atoms with Gasteiger partial charge < -0.3 is 0 Å². The molecule has 0 aliphatic carbocycles. The summed E-state index contributed by atoms with van der Waals surface area (Å²) in [4.78, 5) is 4.22. The molecule has 0 amide bonds. The monoisotopic (exact) mass is 269 g/mol. The molecule has 2 rings (SSSR count). The fraction of sp³-hybridized carbons (Fsp3) is 0.0833. The van der Waals surface area contributed by atoms with Crippen molar-refractivity contribution in [1.82, 2.24) is 4.98 Å². The van der Waals surface area contributed by atoms with Crippen LogP contribution >= 0.6 is 35.0 Å². The van der Waals surface area contributed by atoms with Gasteiger partial charge in [-0.05, 0) is 29.8 Å². The summed E-state index contributed by atoms with van der Waals surface area (Å²) >= 11 is 13.4. The summed E-state index contributed by atoms with van der Waals surface area (Å²) in [5, 5.41) is 2.31. The minimum absolute atomic E-state index is 0.696. The van der Waals surface area contributed by atoms with E-state index >= 15 is 0 Å². The molecule has 0 fully saturated rings. The third kappa shape index (κ3) is 3.14. The number of rotatable bonds is 3. The Morgan fingerprint density at radius 1 is 1.06 bits per heavy atom. The predicted octanol–water partition coefficient (Wildman–Crippen LogP) is 4.68. The van der Waals surface area contributed by atoms with Crippen LogP contribution in [-0.2, 0) is 5.75 Å². The van der Waals surface area contributed by atoms with Crippen molar-refractivity contribution in [3.8, 4) is 0 Å². The van der Waals surface area contributed by atoms with Gasteiger partial charge in [0, 0.05) is 17.0 Å². The molecular formula is C12H9Cl2NS. The number of nitrogens with zero attached hydrogens (tertiary/aromatic N) is 1. The van der Waals surface area contributed by atoms with E-state index in [-0.39, 0.29) is 0 Å². The van der Waals surface area contributed by atoms with Gasteiger partial charge in [-0.3, -0.25) is 0 Å². The number of pyridine rings is 1. The Hall–Kier alpha value is -0.700. The lowest BCUT2D eigenvalue weighted by Crippen LogP contribution is -1.83. The first kappa shape index (κ1) is 11.8. The average molecular weight is 270 g/mol. The first-order valence-corrected chi connectivity index (χ1v) is 6.47. The minimum atomic E-state index is 0.696. The van der Waals surface area contributed by atoms with E-state index < -0.39 is 0 Å². The van der Waals surface area contributed by atoms with Crippen molar-refractivity contribution in [2.24, 2.45) is 0 Å². The van der Waals surface area contributed by atoms with Crippen LogP contribution in [0.25, 0.3) is 0 Å². The zero-order valence-corrected chi connectivity index (χ0v) is 10.7. The second-order valence-electron chi connectivity index (χ2n) is 3.21. The molecule has 0 saturated heterocycles. The standard InChI is InChI=1S/C12H9Cl2NS/c13-10-5-3-9(4-6-10)8-16-12-11(14)2-1-7-15-12/h1-7H,8H2. The Balaban J connectivity index is 2.02. The number of thioether (sulfide) groups is 1. The van der Waals surface area contributed by atoms with Crippen LogP contribution in [0.15, 0.2) is 47.6 Å². The van der Waals surface area contributed by atoms with E-state index in [0.29, 0.717) is 5.02 Å². The third-order valence-electron chi connectivity index (χ3n) is 2.01. The second-order valence-corrected chi connectivity index (χ2v) is 5.01. The molecule has 1 heterocycles. The molecule has 0 radical (unpaired) electrons. The van der Waals surface area contributed by atoms with Crippen molar-refractivity contribution in [2.75, 3.05) is 0 Å². The maximum atomic E-state index is 6.01. The van der Waals surface area contributed by atoms with Gasteiger partial charge in [-0.1, -0.05) is 35.3 Å². The van der Waals surface area contributed by atoms with E-state index in [1.54, 1.807) is 18.0 Å². The van der Waals surface area contributed by atoms with Crippen LogP contribution in [0.5, 0.6) is 0 Å². The summed E-state index contributed by atoms with van der Waals surface area (Å²) in [5.74, 6) is 0.841. The molecule has 0 aliphatic rings. The van der Waals surface area contributed by atoms with Crippen LogP contribution < -0.4 is 0 Å². The molecule has 16 heavy (non-hydrogen) atoms. The summed E-state index contributed by atoms with van der Waals surface area (Å²) in [5.41, 5.74) is 1.20. The van der Waals surface area contributed by atoms with Crippen LogP contribution in [-0.4, -0.2) is 4.98 Å². The van der Waals surface area contributed by atoms with Crippen molar-refractivity contribution >= 4 is 35.0 Å². The molecule has 0 aliphatic heterocycles. The Morgan fingerprint density at radius 3 is 2.50 bits per heavy atom. The number of aromatic nitrogens is 1. The fourth-order valence-electron chi connectivity index (χ4n) is 1.21. The highest BCUT2D eigenvalue weighted by molar-refractivity contribution is 7.98. The topological polar surface area (TPSA) is 12.9 Å². The van der Waals surface area contributed by atoms with E-state index in [2.05, 4.69) is 4.98 Å². The summed E-state index contributed by atoms with van der Waals surface area (Å²) < 4.78 is 0. The van der Waals surface area contributed by atoms with E-state index in [1.807, 2.05) is 36.4 Å². The Kier molecular flexibility index (Phi) is 4.10. The van der Waals surface area contributed by atoms with E-state index in [0.717, 1.165) is 15.8 Å². The third-order valence-corrected chi connectivity index (χ3v) is 3.76. The highest BCUT2D eigenvalue weighted by Crippen LogP contribution is 2.27. The van der Waals surface area contributed by atoms with Crippen LogP contribution in [0, 0.1) is 0 Å². The van der Waals surface area contributed by atoms with Crippen LogP contribution in [0.4, 0.5) is 0 Å². The highest BCUT2D eigenvalue weighted by Gasteiger charge is 2.01. The average Bonchev–Trinajstić information content (AvgIpc) is 2.30. The first-order chi connectivity index (χ1) is 7.75. The van der Waals surface area contributed by atoms with Crippen LogP contribution in [0.3, 0.4) is 0 Å². The van der Waals surface area contributed by atoms with Crippen molar-refractivity contribution in [1.29, 1.82) is 0 Å².